The van der Waals surface area contributed by atoms with Gasteiger partial charge in [-0.25, -0.2) is 4.98 Å². The first-order valence-corrected chi connectivity index (χ1v) is 6.74. The monoisotopic (exact) mass is 256 g/mol. The second-order valence-corrected chi connectivity index (χ2v) is 5.25. The molecule has 6 nitrogen and oxygen atoms in total. The van der Waals surface area contributed by atoms with E-state index in [4.69, 9.17) is 5.73 Å². The van der Waals surface area contributed by atoms with Gasteiger partial charge in [0.1, 0.15) is 0 Å². The summed E-state index contributed by atoms with van der Waals surface area (Å²) in [6.07, 6.45) is 10.8. The largest absolute Gasteiger partial charge is 0.368 e. The highest BCUT2D eigenvalue weighted by Gasteiger charge is 2.24. The van der Waals surface area contributed by atoms with Crippen molar-refractivity contribution in [3.8, 4) is 0 Å². The number of allylic oxidation sites excluding steroid dienone is 2. The topological polar surface area (TPSA) is 81.6 Å². The molecule has 0 spiro atoms. The van der Waals surface area contributed by atoms with Crippen LogP contribution in [0.2, 0.25) is 0 Å². The summed E-state index contributed by atoms with van der Waals surface area (Å²) in [5.41, 5.74) is 7.47. The minimum Gasteiger partial charge on any atom is -0.368 e. The lowest BCUT2D eigenvalue weighted by atomic mass is 10.2. The van der Waals surface area contributed by atoms with Gasteiger partial charge in [-0.05, 0) is 25.7 Å². The van der Waals surface area contributed by atoms with Crippen molar-refractivity contribution in [1.29, 1.82) is 0 Å². The number of nitrogens with one attached hydrogen (secondary N) is 1. The summed E-state index contributed by atoms with van der Waals surface area (Å²) in [6, 6.07) is 0.863. The van der Waals surface area contributed by atoms with Crippen molar-refractivity contribution in [2.24, 2.45) is 0 Å². The highest BCUT2D eigenvalue weighted by molar-refractivity contribution is 5.84. The molecule has 6 heteroatoms. The SMILES string of the molecule is Nc1nc(NC2CC2)c2ncn(C3C=CCC3)c2n1. The molecule has 1 atom stereocenters. The van der Waals surface area contributed by atoms with Gasteiger partial charge >= 0.3 is 0 Å². The van der Waals surface area contributed by atoms with Crippen LogP contribution < -0.4 is 11.1 Å². The zero-order valence-electron chi connectivity index (χ0n) is 10.6. The Morgan fingerprint density at radius 1 is 1.26 bits per heavy atom. The van der Waals surface area contributed by atoms with Crippen molar-refractivity contribution in [2.75, 3.05) is 11.1 Å². The van der Waals surface area contributed by atoms with E-state index in [1.165, 1.54) is 12.8 Å². The van der Waals surface area contributed by atoms with Gasteiger partial charge in [0.15, 0.2) is 17.0 Å². The first kappa shape index (κ1) is 10.8. The summed E-state index contributed by atoms with van der Waals surface area (Å²) in [7, 11) is 0. The lowest BCUT2D eigenvalue weighted by Gasteiger charge is -2.11. The Kier molecular flexibility index (Phi) is 2.24. The second kappa shape index (κ2) is 3.94. The molecule has 2 aromatic rings. The molecule has 2 aliphatic carbocycles. The third-order valence-corrected chi connectivity index (χ3v) is 3.70. The lowest BCUT2D eigenvalue weighted by Crippen LogP contribution is -2.09. The fourth-order valence-electron chi connectivity index (χ4n) is 2.55. The molecule has 2 aromatic heterocycles. The molecule has 1 saturated carbocycles. The Bertz CT molecular complexity index is 654. The third kappa shape index (κ3) is 1.83. The molecule has 1 unspecified atom stereocenters. The van der Waals surface area contributed by atoms with Crippen molar-refractivity contribution in [3.63, 3.8) is 0 Å². The average molecular weight is 256 g/mol. The number of nitrogen functional groups attached to an aromatic ring is 1. The minimum atomic E-state index is 0.305. The van der Waals surface area contributed by atoms with E-state index in [-0.39, 0.29) is 0 Å². The van der Waals surface area contributed by atoms with E-state index in [0.29, 0.717) is 18.0 Å². The molecular weight excluding hydrogens is 240 g/mol. The summed E-state index contributed by atoms with van der Waals surface area (Å²) in [5.74, 6) is 1.07. The normalized spacial score (nSPS) is 22.2. The predicted octanol–water partition coefficient (Wildman–Crippen LogP) is 1.87. The molecule has 0 bridgehead atoms. The van der Waals surface area contributed by atoms with Gasteiger partial charge in [-0.15, -0.1) is 0 Å². The maximum Gasteiger partial charge on any atom is 0.224 e. The predicted molar refractivity (Wildman–Crippen MR) is 73.8 cm³/mol. The molecule has 3 N–H and O–H groups in total. The van der Waals surface area contributed by atoms with Crippen LogP contribution in [-0.4, -0.2) is 25.6 Å². The Labute approximate surface area is 110 Å². The molecule has 0 aliphatic heterocycles. The van der Waals surface area contributed by atoms with Crippen LogP contribution in [-0.2, 0) is 0 Å². The molecule has 0 amide bonds. The van der Waals surface area contributed by atoms with E-state index >= 15 is 0 Å². The number of nitrogens with zero attached hydrogens (tertiary/aromatic N) is 4. The van der Waals surface area contributed by atoms with Gasteiger partial charge in [-0.2, -0.15) is 9.97 Å². The standard InChI is InChI=1S/C13H16N6/c14-13-17-11(16-8-5-6-8)10-12(18-13)19(7-15-10)9-3-1-2-4-9/h1,3,7-9H,2,4-6H2,(H3,14,16,17,18). The first-order valence-electron chi connectivity index (χ1n) is 6.74. The molecular formula is C13H16N6. The number of anilines is 2. The fourth-order valence-corrected chi connectivity index (χ4v) is 2.55. The molecule has 0 saturated heterocycles. The Balaban J connectivity index is 1.83. The average Bonchev–Trinajstić information content (AvgIpc) is 2.91. The Morgan fingerprint density at radius 2 is 2.16 bits per heavy atom. The van der Waals surface area contributed by atoms with Crippen LogP contribution >= 0.6 is 0 Å². The maximum atomic E-state index is 5.83. The summed E-state index contributed by atoms with van der Waals surface area (Å²) < 4.78 is 2.09. The molecule has 0 aromatic carbocycles. The summed E-state index contributed by atoms with van der Waals surface area (Å²) >= 11 is 0. The molecule has 98 valence electrons. The number of fused-ring (bicyclic) bond motifs is 1. The number of rotatable bonds is 3. The molecule has 4 rings (SSSR count). The second-order valence-electron chi connectivity index (χ2n) is 5.25. The highest BCUT2D eigenvalue weighted by Crippen LogP contribution is 2.30. The van der Waals surface area contributed by atoms with Crippen LogP contribution in [0.1, 0.15) is 31.7 Å². The van der Waals surface area contributed by atoms with Gasteiger partial charge in [0.25, 0.3) is 0 Å². The van der Waals surface area contributed by atoms with E-state index in [2.05, 4.69) is 37.0 Å². The molecule has 1 fully saturated rings. The van der Waals surface area contributed by atoms with E-state index in [0.717, 1.165) is 29.8 Å². The van der Waals surface area contributed by atoms with E-state index < -0.39 is 0 Å². The van der Waals surface area contributed by atoms with Crippen LogP contribution in [0.4, 0.5) is 11.8 Å². The highest BCUT2D eigenvalue weighted by atomic mass is 15.2. The van der Waals surface area contributed by atoms with Gasteiger partial charge in [-0.1, -0.05) is 12.2 Å². The van der Waals surface area contributed by atoms with Crippen LogP contribution in [0.3, 0.4) is 0 Å². The van der Waals surface area contributed by atoms with Crippen molar-refractivity contribution >= 4 is 22.9 Å². The summed E-state index contributed by atoms with van der Waals surface area (Å²) in [6.45, 7) is 0. The number of hydrogen-bond donors (Lipinski definition) is 2. The number of aromatic nitrogens is 4. The zero-order valence-corrected chi connectivity index (χ0v) is 10.6. The summed E-state index contributed by atoms with van der Waals surface area (Å²) in [5, 5.41) is 3.38. The van der Waals surface area contributed by atoms with Gasteiger partial charge in [0.05, 0.1) is 12.4 Å². The molecule has 2 heterocycles. The number of hydrogen-bond acceptors (Lipinski definition) is 5. The van der Waals surface area contributed by atoms with Crippen molar-refractivity contribution in [3.05, 3.63) is 18.5 Å². The van der Waals surface area contributed by atoms with Crippen molar-refractivity contribution in [2.45, 2.75) is 37.8 Å². The van der Waals surface area contributed by atoms with Crippen LogP contribution in [0.25, 0.3) is 11.2 Å². The van der Waals surface area contributed by atoms with E-state index in [9.17, 15) is 0 Å². The molecule has 0 radical (unpaired) electrons. The molecule has 2 aliphatic rings. The number of nitrogens with two attached hydrogens (primary N) is 1. The Hall–Kier alpha value is -2.11. The van der Waals surface area contributed by atoms with Crippen molar-refractivity contribution < 1.29 is 0 Å². The van der Waals surface area contributed by atoms with Crippen molar-refractivity contribution in [1.82, 2.24) is 19.5 Å². The Morgan fingerprint density at radius 3 is 2.89 bits per heavy atom. The first-order chi connectivity index (χ1) is 9.31. The van der Waals surface area contributed by atoms with Gasteiger partial charge in [0.2, 0.25) is 5.95 Å². The fraction of sp³-hybridized carbons (Fsp3) is 0.462. The quantitative estimate of drug-likeness (QED) is 0.819. The third-order valence-electron chi connectivity index (χ3n) is 3.70. The van der Waals surface area contributed by atoms with Crippen LogP contribution in [0.15, 0.2) is 18.5 Å². The smallest absolute Gasteiger partial charge is 0.224 e. The van der Waals surface area contributed by atoms with E-state index in [1.807, 2.05) is 6.33 Å². The van der Waals surface area contributed by atoms with Gasteiger partial charge in [-0.3, -0.25) is 0 Å². The minimum absolute atomic E-state index is 0.305. The van der Waals surface area contributed by atoms with Gasteiger partial charge in [0, 0.05) is 6.04 Å². The lowest BCUT2D eigenvalue weighted by molar-refractivity contribution is 0.602. The molecule has 19 heavy (non-hydrogen) atoms. The van der Waals surface area contributed by atoms with Gasteiger partial charge < -0.3 is 15.6 Å². The van der Waals surface area contributed by atoms with E-state index in [1.54, 1.807) is 0 Å². The summed E-state index contributed by atoms with van der Waals surface area (Å²) in [4.78, 5) is 13.1. The van der Waals surface area contributed by atoms with Crippen LogP contribution in [0, 0.1) is 0 Å². The van der Waals surface area contributed by atoms with Crippen LogP contribution in [0.5, 0.6) is 0 Å². The number of imidazole rings is 1. The zero-order chi connectivity index (χ0) is 12.8. The maximum absolute atomic E-state index is 5.83.